The van der Waals surface area contributed by atoms with E-state index in [9.17, 15) is 9.59 Å². The first-order valence-corrected chi connectivity index (χ1v) is 7.04. The van der Waals surface area contributed by atoms with E-state index in [1.807, 2.05) is 19.9 Å². The fourth-order valence-corrected chi connectivity index (χ4v) is 2.14. The first kappa shape index (κ1) is 16.0. The number of rotatable bonds is 6. The van der Waals surface area contributed by atoms with Crippen LogP contribution in [0.2, 0.25) is 0 Å². The molecule has 1 amide bonds. The van der Waals surface area contributed by atoms with Gasteiger partial charge in [0.25, 0.3) is 5.91 Å². The molecule has 2 aromatic heterocycles. The predicted molar refractivity (Wildman–Crippen MR) is 81.6 cm³/mol. The van der Waals surface area contributed by atoms with Crippen LogP contribution in [0.4, 0.5) is 0 Å². The van der Waals surface area contributed by atoms with E-state index >= 15 is 0 Å². The molecular weight excluding hydrogens is 284 g/mol. The van der Waals surface area contributed by atoms with Crippen LogP contribution in [0.15, 0.2) is 23.0 Å². The Morgan fingerprint density at radius 2 is 2.18 bits per heavy atom. The fourth-order valence-electron chi connectivity index (χ4n) is 2.14. The highest BCUT2D eigenvalue weighted by Gasteiger charge is 2.14. The standard InChI is InChI=1S/C15H20N4O3/c1-9(2)14-12(4-5-13(20)17-14)15(21)16-7-10-6-11(8-22-3)19-18-10/h4-6,9H,7-8H2,1-3H3,(H,16,21)(H,17,20)(H,18,19). The van der Waals surface area contributed by atoms with E-state index in [4.69, 9.17) is 4.74 Å². The summed E-state index contributed by atoms with van der Waals surface area (Å²) in [5.74, 6) is -0.182. The summed E-state index contributed by atoms with van der Waals surface area (Å²) in [4.78, 5) is 26.4. The summed E-state index contributed by atoms with van der Waals surface area (Å²) < 4.78 is 4.99. The first-order valence-electron chi connectivity index (χ1n) is 7.04. The van der Waals surface area contributed by atoms with Crippen molar-refractivity contribution in [2.24, 2.45) is 0 Å². The molecule has 2 rings (SSSR count). The molecule has 0 aromatic carbocycles. The largest absolute Gasteiger partial charge is 0.378 e. The van der Waals surface area contributed by atoms with Crippen LogP contribution in [-0.4, -0.2) is 28.2 Å². The highest BCUT2D eigenvalue weighted by atomic mass is 16.5. The van der Waals surface area contributed by atoms with Gasteiger partial charge in [-0.2, -0.15) is 5.10 Å². The van der Waals surface area contributed by atoms with E-state index < -0.39 is 0 Å². The van der Waals surface area contributed by atoms with E-state index in [1.165, 1.54) is 6.07 Å². The number of carbonyl (C=O) groups is 1. The van der Waals surface area contributed by atoms with Crippen LogP contribution >= 0.6 is 0 Å². The predicted octanol–water partition coefficient (Wildman–Crippen LogP) is 1.30. The molecule has 3 N–H and O–H groups in total. The molecular formula is C15H20N4O3. The number of nitrogens with one attached hydrogen (secondary N) is 3. The van der Waals surface area contributed by atoms with Gasteiger partial charge in [-0.05, 0) is 18.1 Å². The minimum Gasteiger partial charge on any atom is -0.378 e. The Bertz CT molecular complexity index is 703. The van der Waals surface area contributed by atoms with E-state index in [0.29, 0.717) is 24.4 Å². The molecule has 0 bridgehead atoms. The Hall–Kier alpha value is -2.41. The van der Waals surface area contributed by atoms with Crippen LogP contribution in [0, 0.1) is 0 Å². The van der Waals surface area contributed by atoms with Crippen LogP contribution in [0.5, 0.6) is 0 Å². The fraction of sp³-hybridized carbons (Fsp3) is 0.400. The zero-order valence-corrected chi connectivity index (χ0v) is 12.9. The molecule has 0 aliphatic carbocycles. The summed E-state index contributed by atoms with van der Waals surface area (Å²) in [7, 11) is 1.60. The molecule has 0 unspecified atom stereocenters. The first-order chi connectivity index (χ1) is 10.5. The Labute approximate surface area is 128 Å². The number of H-pyrrole nitrogens is 2. The summed E-state index contributed by atoms with van der Waals surface area (Å²) in [5.41, 5.74) is 2.47. The smallest absolute Gasteiger partial charge is 0.253 e. The number of aromatic amines is 2. The van der Waals surface area contributed by atoms with Crippen molar-refractivity contribution in [1.82, 2.24) is 20.5 Å². The Kier molecular flexibility index (Phi) is 5.11. The number of methoxy groups -OCH3 is 1. The van der Waals surface area contributed by atoms with Crippen molar-refractivity contribution in [3.8, 4) is 0 Å². The van der Waals surface area contributed by atoms with Crippen molar-refractivity contribution < 1.29 is 9.53 Å². The zero-order valence-electron chi connectivity index (χ0n) is 12.9. The number of hydrogen-bond donors (Lipinski definition) is 3. The van der Waals surface area contributed by atoms with Crippen molar-refractivity contribution in [3.05, 3.63) is 51.2 Å². The summed E-state index contributed by atoms with van der Waals surface area (Å²) >= 11 is 0. The average Bonchev–Trinajstić information content (AvgIpc) is 2.92. The molecule has 0 fully saturated rings. The number of hydrogen-bond acceptors (Lipinski definition) is 4. The van der Waals surface area contributed by atoms with Gasteiger partial charge < -0.3 is 15.0 Å². The van der Waals surface area contributed by atoms with Crippen molar-refractivity contribution >= 4 is 5.91 Å². The lowest BCUT2D eigenvalue weighted by molar-refractivity contribution is 0.0948. The van der Waals surface area contributed by atoms with Gasteiger partial charge in [0.1, 0.15) is 0 Å². The molecule has 7 heteroatoms. The Balaban J connectivity index is 2.07. The highest BCUT2D eigenvalue weighted by Crippen LogP contribution is 2.15. The third kappa shape index (κ3) is 3.82. The number of carbonyl (C=O) groups excluding carboxylic acids is 1. The second-order valence-corrected chi connectivity index (χ2v) is 5.30. The third-order valence-corrected chi connectivity index (χ3v) is 3.19. The Morgan fingerprint density at radius 3 is 2.86 bits per heavy atom. The molecule has 0 radical (unpaired) electrons. The molecule has 0 saturated heterocycles. The maximum atomic E-state index is 12.3. The molecule has 2 aromatic rings. The minimum absolute atomic E-state index is 0.0510. The quantitative estimate of drug-likeness (QED) is 0.749. The van der Waals surface area contributed by atoms with Crippen LogP contribution < -0.4 is 10.9 Å². The molecule has 0 saturated carbocycles. The molecule has 0 atom stereocenters. The van der Waals surface area contributed by atoms with Gasteiger partial charge in [-0.1, -0.05) is 13.8 Å². The van der Waals surface area contributed by atoms with Gasteiger partial charge in [0.15, 0.2) is 0 Å². The van der Waals surface area contributed by atoms with Crippen LogP contribution in [0.25, 0.3) is 0 Å². The number of pyridine rings is 1. The molecule has 118 valence electrons. The minimum atomic E-state index is -0.233. The van der Waals surface area contributed by atoms with Crippen LogP contribution in [0.1, 0.15) is 47.2 Å². The van der Waals surface area contributed by atoms with Crippen LogP contribution in [0.3, 0.4) is 0 Å². The monoisotopic (exact) mass is 304 g/mol. The highest BCUT2D eigenvalue weighted by molar-refractivity contribution is 5.95. The van der Waals surface area contributed by atoms with Crippen LogP contribution in [-0.2, 0) is 17.9 Å². The topological polar surface area (TPSA) is 99.9 Å². The molecule has 2 heterocycles. The number of aromatic nitrogens is 3. The van der Waals surface area contributed by atoms with Gasteiger partial charge in [0, 0.05) is 18.9 Å². The average molecular weight is 304 g/mol. The molecule has 22 heavy (non-hydrogen) atoms. The summed E-state index contributed by atoms with van der Waals surface area (Å²) in [5, 5.41) is 9.72. The van der Waals surface area contributed by atoms with E-state index in [0.717, 1.165) is 11.4 Å². The van der Waals surface area contributed by atoms with E-state index in [1.54, 1.807) is 13.2 Å². The van der Waals surface area contributed by atoms with Crippen molar-refractivity contribution in [1.29, 1.82) is 0 Å². The van der Waals surface area contributed by atoms with Crippen molar-refractivity contribution in [2.75, 3.05) is 7.11 Å². The van der Waals surface area contributed by atoms with Gasteiger partial charge in [-0.3, -0.25) is 14.7 Å². The maximum Gasteiger partial charge on any atom is 0.253 e. The summed E-state index contributed by atoms with van der Waals surface area (Å²) in [6, 6.07) is 4.74. The van der Waals surface area contributed by atoms with Crippen molar-refractivity contribution in [3.63, 3.8) is 0 Å². The molecule has 0 aliphatic rings. The van der Waals surface area contributed by atoms with E-state index in [2.05, 4.69) is 20.5 Å². The van der Waals surface area contributed by atoms with E-state index in [-0.39, 0.29) is 17.4 Å². The Morgan fingerprint density at radius 1 is 1.41 bits per heavy atom. The van der Waals surface area contributed by atoms with Gasteiger partial charge in [0.05, 0.1) is 30.1 Å². The van der Waals surface area contributed by atoms with Gasteiger partial charge in [-0.25, -0.2) is 0 Å². The summed E-state index contributed by atoms with van der Waals surface area (Å²) in [6.07, 6.45) is 0. The van der Waals surface area contributed by atoms with Gasteiger partial charge in [-0.15, -0.1) is 0 Å². The zero-order chi connectivity index (χ0) is 16.1. The maximum absolute atomic E-state index is 12.3. The molecule has 0 aliphatic heterocycles. The second-order valence-electron chi connectivity index (χ2n) is 5.30. The number of amides is 1. The van der Waals surface area contributed by atoms with Crippen molar-refractivity contribution in [2.45, 2.75) is 32.9 Å². The number of nitrogens with zero attached hydrogens (tertiary/aromatic N) is 1. The lowest BCUT2D eigenvalue weighted by Crippen LogP contribution is -2.26. The lowest BCUT2D eigenvalue weighted by atomic mass is 10.0. The molecule has 7 nitrogen and oxygen atoms in total. The van der Waals surface area contributed by atoms with Gasteiger partial charge in [0.2, 0.25) is 5.56 Å². The lowest BCUT2D eigenvalue weighted by Gasteiger charge is -2.11. The summed E-state index contributed by atoms with van der Waals surface area (Å²) in [6.45, 7) is 4.59. The molecule has 0 spiro atoms. The second kappa shape index (κ2) is 7.04. The number of ether oxygens (including phenoxy) is 1. The SMILES string of the molecule is COCc1cc(CNC(=O)c2ccc(=O)[nH]c2C(C)C)[nH]n1. The van der Waals surface area contributed by atoms with Gasteiger partial charge >= 0.3 is 0 Å². The normalized spacial score (nSPS) is 10.9. The third-order valence-electron chi connectivity index (χ3n) is 3.19.